The van der Waals surface area contributed by atoms with Gasteiger partial charge in [-0.25, -0.2) is 9.37 Å². The van der Waals surface area contributed by atoms with Crippen molar-refractivity contribution in [3.05, 3.63) is 42.3 Å². The summed E-state index contributed by atoms with van der Waals surface area (Å²) in [4.78, 5) is 20.8. The first-order valence-electron chi connectivity index (χ1n) is 9.28. The zero-order chi connectivity index (χ0) is 20.1. The van der Waals surface area contributed by atoms with E-state index in [2.05, 4.69) is 34.2 Å². The molecule has 7 nitrogen and oxygen atoms in total. The topological polar surface area (TPSA) is 83.7 Å². The van der Waals surface area contributed by atoms with Crippen LogP contribution < -0.4 is 15.8 Å². The minimum atomic E-state index is -0.552. The van der Waals surface area contributed by atoms with Crippen LogP contribution in [0.15, 0.2) is 36.5 Å². The Hall–Kier alpha value is -2.71. The molecule has 3 N–H and O–H groups in total. The van der Waals surface area contributed by atoms with Crippen molar-refractivity contribution in [2.75, 3.05) is 44.8 Å². The fraction of sp³-hybridized carbons (Fsp3) is 0.400. The molecule has 0 saturated carbocycles. The Labute approximate surface area is 164 Å². The van der Waals surface area contributed by atoms with E-state index in [1.807, 2.05) is 0 Å². The molecule has 28 heavy (non-hydrogen) atoms. The molecule has 1 aliphatic rings. The highest BCUT2D eigenvalue weighted by molar-refractivity contribution is 5.91. The van der Waals surface area contributed by atoms with E-state index in [1.165, 1.54) is 18.3 Å². The Morgan fingerprint density at radius 1 is 1.32 bits per heavy atom. The standard InChI is InChI=1S/C20H26FN5O2/c1-25(2)15-6-9-26(10-7-15)13-20(27)24-19-12-16(5-8-23-19)28-18-4-3-14(22)11-17(18)21/h3-5,8,11-12,15H,6-7,9-10,13,22H2,1-2H3,(H,23,24,27). The lowest BCUT2D eigenvalue weighted by Gasteiger charge is -2.34. The van der Waals surface area contributed by atoms with E-state index in [0.717, 1.165) is 25.9 Å². The average molecular weight is 387 g/mol. The minimum Gasteiger partial charge on any atom is -0.454 e. The predicted octanol–water partition coefficient (Wildman–Crippen LogP) is 2.56. The molecule has 150 valence electrons. The maximum Gasteiger partial charge on any atom is 0.239 e. The number of nitrogen functional groups attached to an aromatic ring is 1. The Morgan fingerprint density at radius 2 is 2.07 bits per heavy atom. The summed E-state index contributed by atoms with van der Waals surface area (Å²) in [5.41, 5.74) is 5.86. The number of carbonyl (C=O) groups is 1. The summed E-state index contributed by atoms with van der Waals surface area (Å²) in [6, 6.07) is 7.94. The first kappa shape index (κ1) is 20.0. The van der Waals surface area contributed by atoms with E-state index in [1.54, 1.807) is 18.2 Å². The first-order valence-corrected chi connectivity index (χ1v) is 9.28. The maximum atomic E-state index is 13.9. The van der Waals surface area contributed by atoms with Crippen molar-refractivity contribution in [2.45, 2.75) is 18.9 Å². The van der Waals surface area contributed by atoms with Gasteiger partial charge in [-0.1, -0.05) is 0 Å². The Bertz CT molecular complexity index is 822. The van der Waals surface area contributed by atoms with Crippen LogP contribution in [-0.4, -0.2) is 60.5 Å². The highest BCUT2D eigenvalue weighted by atomic mass is 19.1. The molecule has 1 amide bonds. The van der Waals surface area contributed by atoms with Crippen molar-refractivity contribution in [2.24, 2.45) is 0 Å². The molecule has 0 radical (unpaired) electrons. The molecule has 2 aromatic rings. The largest absolute Gasteiger partial charge is 0.454 e. The number of amides is 1. The number of nitrogens with one attached hydrogen (secondary N) is 1. The smallest absolute Gasteiger partial charge is 0.239 e. The zero-order valence-corrected chi connectivity index (χ0v) is 16.2. The third-order valence-electron chi connectivity index (χ3n) is 4.84. The number of hydrogen-bond donors (Lipinski definition) is 2. The minimum absolute atomic E-state index is 0.0569. The van der Waals surface area contributed by atoms with E-state index in [9.17, 15) is 9.18 Å². The number of anilines is 2. The van der Waals surface area contributed by atoms with Crippen LogP contribution in [0.2, 0.25) is 0 Å². The van der Waals surface area contributed by atoms with Crippen molar-refractivity contribution in [1.29, 1.82) is 0 Å². The number of likely N-dealkylation sites (tertiary alicyclic amines) is 1. The predicted molar refractivity (Wildman–Crippen MR) is 107 cm³/mol. The fourth-order valence-corrected chi connectivity index (χ4v) is 3.25. The molecule has 1 fully saturated rings. The quantitative estimate of drug-likeness (QED) is 0.741. The molecule has 0 unspecified atom stereocenters. The second-order valence-corrected chi connectivity index (χ2v) is 7.19. The van der Waals surface area contributed by atoms with Gasteiger partial charge in [-0.2, -0.15) is 0 Å². The normalized spacial score (nSPS) is 15.6. The van der Waals surface area contributed by atoms with Crippen molar-refractivity contribution in [3.8, 4) is 11.5 Å². The lowest BCUT2D eigenvalue weighted by Crippen LogP contribution is -2.44. The second kappa shape index (κ2) is 8.99. The summed E-state index contributed by atoms with van der Waals surface area (Å²) < 4.78 is 19.4. The molecule has 0 aliphatic carbocycles. The molecule has 1 aromatic heterocycles. The number of nitrogens with two attached hydrogens (primary N) is 1. The van der Waals surface area contributed by atoms with E-state index >= 15 is 0 Å². The number of aromatic nitrogens is 1. The van der Waals surface area contributed by atoms with Gasteiger partial charge >= 0.3 is 0 Å². The summed E-state index contributed by atoms with van der Waals surface area (Å²) in [5, 5.41) is 2.78. The monoisotopic (exact) mass is 387 g/mol. The van der Waals surface area contributed by atoms with Crippen molar-refractivity contribution in [1.82, 2.24) is 14.8 Å². The third kappa shape index (κ3) is 5.40. The summed E-state index contributed by atoms with van der Waals surface area (Å²) in [6.45, 7) is 2.10. The number of carbonyl (C=O) groups excluding carboxylic acids is 1. The summed E-state index contributed by atoms with van der Waals surface area (Å²) in [7, 11) is 4.17. The van der Waals surface area contributed by atoms with Gasteiger partial charge in [0, 0.05) is 43.1 Å². The molecule has 0 atom stereocenters. The van der Waals surface area contributed by atoms with Crippen LogP contribution in [0.5, 0.6) is 11.5 Å². The van der Waals surface area contributed by atoms with Crippen LogP contribution in [0, 0.1) is 5.82 Å². The van der Waals surface area contributed by atoms with Crippen LogP contribution >= 0.6 is 0 Å². The van der Waals surface area contributed by atoms with Gasteiger partial charge in [0.2, 0.25) is 5.91 Å². The van der Waals surface area contributed by atoms with Gasteiger partial charge in [-0.05, 0) is 45.1 Å². The van der Waals surface area contributed by atoms with Gasteiger partial charge in [0.15, 0.2) is 11.6 Å². The summed E-state index contributed by atoms with van der Waals surface area (Å²) in [6.07, 6.45) is 3.60. The molecule has 0 bridgehead atoms. The van der Waals surface area contributed by atoms with E-state index in [-0.39, 0.29) is 11.7 Å². The molecule has 3 rings (SSSR count). The molecule has 1 saturated heterocycles. The zero-order valence-electron chi connectivity index (χ0n) is 16.2. The van der Waals surface area contributed by atoms with Crippen LogP contribution in [-0.2, 0) is 4.79 Å². The van der Waals surface area contributed by atoms with E-state index in [0.29, 0.717) is 29.8 Å². The van der Waals surface area contributed by atoms with E-state index < -0.39 is 5.82 Å². The van der Waals surface area contributed by atoms with E-state index in [4.69, 9.17) is 10.5 Å². The van der Waals surface area contributed by atoms with Gasteiger partial charge in [0.05, 0.1) is 6.54 Å². The van der Waals surface area contributed by atoms with Crippen molar-refractivity contribution >= 4 is 17.4 Å². The molecular formula is C20H26FN5O2. The third-order valence-corrected chi connectivity index (χ3v) is 4.84. The number of hydrogen-bond acceptors (Lipinski definition) is 6. The van der Waals surface area contributed by atoms with Gasteiger partial charge in [0.1, 0.15) is 11.6 Å². The highest BCUT2D eigenvalue weighted by Crippen LogP contribution is 2.26. The number of piperidine rings is 1. The lowest BCUT2D eigenvalue weighted by atomic mass is 10.0. The van der Waals surface area contributed by atoms with Crippen LogP contribution in [0.4, 0.5) is 15.9 Å². The SMILES string of the molecule is CN(C)C1CCN(CC(=O)Nc2cc(Oc3ccc(N)cc3F)ccn2)CC1. The Morgan fingerprint density at radius 3 is 2.75 bits per heavy atom. The van der Waals surface area contributed by atoms with Crippen LogP contribution in [0.3, 0.4) is 0 Å². The molecule has 0 spiro atoms. The molecule has 1 aromatic carbocycles. The highest BCUT2D eigenvalue weighted by Gasteiger charge is 2.22. The molecule has 1 aliphatic heterocycles. The molecular weight excluding hydrogens is 361 g/mol. The van der Waals surface area contributed by atoms with Gasteiger partial charge in [-0.15, -0.1) is 0 Å². The number of halogens is 1. The van der Waals surface area contributed by atoms with Gasteiger partial charge in [-0.3, -0.25) is 9.69 Å². The Kier molecular flexibility index (Phi) is 6.43. The van der Waals surface area contributed by atoms with Crippen molar-refractivity contribution < 1.29 is 13.9 Å². The number of ether oxygens (including phenoxy) is 1. The fourth-order valence-electron chi connectivity index (χ4n) is 3.25. The summed E-state index contributed by atoms with van der Waals surface area (Å²) in [5.74, 6) is 0.110. The number of pyridine rings is 1. The number of rotatable bonds is 6. The second-order valence-electron chi connectivity index (χ2n) is 7.19. The lowest BCUT2D eigenvalue weighted by molar-refractivity contribution is -0.117. The van der Waals surface area contributed by atoms with Crippen LogP contribution in [0.1, 0.15) is 12.8 Å². The molecule has 2 heterocycles. The molecule has 8 heteroatoms. The average Bonchev–Trinajstić information content (AvgIpc) is 2.65. The van der Waals surface area contributed by atoms with Crippen LogP contribution in [0.25, 0.3) is 0 Å². The Balaban J connectivity index is 1.55. The first-order chi connectivity index (χ1) is 13.4. The van der Waals surface area contributed by atoms with Crippen molar-refractivity contribution in [3.63, 3.8) is 0 Å². The summed E-state index contributed by atoms with van der Waals surface area (Å²) >= 11 is 0. The number of nitrogens with zero attached hydrogens (tertiary/aromatic N) is 3. The number of benzene rings is 1. The maximum absolute atomic E-state index is 13.9. The van der Waals surface area contributed by atoms with Gasteiger partial charge < -0.3 is 20.7 Å². The van der Waals surface area contributed by atoms with Gasteiger partial charge in [0.25, 0.3) is 0 Å².